The highest BCUT2D eigenvalue weighted by molar-refractivity contribution is 7.84. The second-order valence-corrected chi connectivity index (χ2v) is 5.53. The average molecular weight is 259 g/mol. The number of amides is 1. The molecule has 0 saturated carbocycles. The molecule has 7 nitrogen and oxygen atoms in total. The van der Waals surface area contributed by atoms with E-state index in [1.165, 1.54) is 4.68 Å². The molecule has 0 aliphatic carbocycles. The van der Waals surface area contributed by atoms with Crippen molar-refractivity contribution >= 4 is 16.7 Å². The van der Waals surface area contributed by atoms with Gasteiger partial charge in [0.1, 0.15) is 6.54 Å². The molecule has 0 spiro atoms. The summed E-state index contributed by atoms with van der Waals surface area (Å²) < 4.78 is 12.5. The van der Waals surface area contributed by atoms with Gasteiger partial charge < -0.3 is 11.1 Å². The van der Waals surface area contributed by atoms with E-state index in [9.17, 15) is 9.00 Å². The molecule has 1 heterocycles. The number of nitrogens with zero attached hydrogens (tertiary/aromatic N) is 3. The first-order chi connectivity index (χ1) is 8.02. The number of carbonyl (C=O) groups excluding carboxylic acids is 1. The van der Waals surface area contributed by atoms with Crippen LogP contribution in [0, 0.1) is 0 Å². The Morgan fingerprint density at radius 1 is 1.71 bits per heavy atom. The lowest BCUT2D eigenvalue weighted by molar-refractivity contribution is -0.121. The van der Waals surface area contributed by atoms with Crippen molar-refractivity contribution in [2.45, 2.75) is 25.3 Å². The zero-order valence-corrected chi connectivity index (χ0v) is 10.7. The van der Waals surface area contributed by atoms with Gasteiger partial charge in [-0.3, -0.25) is 9.00 Å². The van der Waals surface area contributed by atoms with Crippen LogP contribution >= 0.6 is 0 Å². The van der Waals surface area contributed by atoms with Crippen LogP contribution in [-0.2, 0) is 28.7 Å². The number of nitrogens with two attached hydrogens (primary N) is 1. The van der Waals surface area contributed by atoms with Crippen LogP contribution in [0.2, 0.25) is 0 Å². The summed E-state index contributed by atoms with van der Waals surface area (Å²) in [6.45, 7) is 2.60. The van der Waals surface area contributed by atoms with Gasteiger partial charge in [-0.15, -0.1) is 5.10 Å². The molecule has 0 bridgehead atoms. The lowest BCUT2D eigenvalue weighted by Crippen LogP contribution is -2.34. The number of hydrogen-bond donors (Lipinski definition) is 2. The van der Waals surface area contributed by atoms with Crippen LogP contribution < -0.4 is 11.1 Å². The van der Waals surface area contributed by atoms with Crippen molar-refractivity contribution in [1.29, 1.82) is 0 Å². The largest absolute Gasteiger partial charge is 0.353 e. The van der Waals surface area contributed by atoms with Crippen LogP contribution in [0.4, 0.5) is 0 Å². The quantitative estimate of drug-likeness (QED) is 0.655. The van der Waals surface area contributed by atoms with Crippen LogP contribution in [0.1, 0.15) is 12.6 Å². The Kier molecular flexibility index (Phi) is 5.23. The summed E-state index contributed by atoms with van der Waals surface area (Å²) in [5.74, 6) is -0.184. The second kappa shape index (κ2) is 6.45. The molecule has 3 N–H and O–H groups in total. The first-order valence-electron chi connectivity index (χ1n) is 5.21. The van der Waals surface area contributed by atoms with Crippen LogP contribution in [0.25, 0.3) is 0 Å². The summed E-state index contributed by atoms with van der Waals surface area (Å²) in [6, 6.07) is 0. The molecule has 1 rings (SSSR count). The van der Waals surface area contributed by atoms with Crippen molar-refractivity contribution in [2.75, 3.05) is 12.8 Å². The Bertz CT molecular complexity index is 406. The fourth-order valence-corrected chi connectivity index (χ4v) is 1.41. The minimum absolute atomic E-state index is 0.0608. The summed E-state index contributed by atoms with van der Waals surface area (Å²) in [4.78, 5) is 11.5. The molecular weight excluding hydrogens is 242 g/mol. The molecule has 17 heavy (non-hydrogen) atoms. The second-order valence-electron chi connectivity index (χ2n) is 3.72. The maximum atomic E-state index is 11.5. The van der Waals surface area contributed by atoms with Gasteiger partial charge in [0.2, 0.25) is 5.91 Å². The molecule has 0 saturated heterocycles. The molecular formula is C9H17N5O2S. The van der Waals surface area contributed by atoms with Gasteiger partial charge in [-0.05, 0) is 6.92 Å². The van der Waals surface area contributed by atoms with Gasteiger partial charge in [0.05, 0.1) is 11.9 Å². The number of nitrogens with one attached hydrogen (secondary N) is 1. The van der Waals surface area contributed by atoms with Gasteiger partial charge in [0, 0.05) is 35.4 Å². The smallest absolute Gasteiger partial charge is 0.241 e. The maximum absolute atomic E-state index is 11.5. The van der Waals surface area contributed by atoms with E-state index in [0.29, 0.717) is 18.8 Å². The maximum Gasteiger partial charge on any atom is 0.241 e. The zero-order chi connectivity index (χ0) is 12.8. The highest BCUT2D eigenvalue weighted by atomic mass is 32.2. The molecule has 2 unspecified atom stereocenters. The number of rotatable bonds is 6. The standard InChI is InChI=1S/C9H17N5O2S/c1-7(17(2)16)4-11-9(15)6-14-5-8(3-10)12-13-14/h5,7H,3-4,6,10H2,1-2H3,(H,11,15). The number of hydrogen-bond acceptors (Lipinski definition) is 5. The summed E-state index contributed by atoms with van der Waals surface area (Å²) >= 11 is 0. The van der Waals surface area contributed by atoms with E-state index < -0.39 is 10.8 Å². The van der Waals surface area contributed by atoms with E-state index in [4.69, 9.17) is 5.73 Å². The Morgan fingerprint density at radius 2 is 2.41 bits per heavy atom. The highest BCUT2D eigenvalue weighted by Gasteiger charge is 2.09. The molecule has 0 aromatic carbocycles. The number of carbonyl (C=O) groups is 1. The van der Waals surface area contributed by atoms with Crippen LogP contribution in [0.3, 0.4) is 0 Å². The topological polar surface area (TPSA) is 103 Å². The Hall–Kier alpha value is -1.28. The van der Waals surface area contributed by atoms with Crippen LogP contribution in [0.5, 0.6) is 0 Å². The van der Waals surface area contributed by atoms with Crippen molar-refractivity contribution in [2.24, 2.45) is 5.73 Å². The third-order valence-electron chi connectivity index (χ3n) is 2.25. The summed E-state index contributed by atoms with van der Waals surface area (Å²) in [5.41, 5.74) is 6.02. The fraction of sp³-hybridized carbons (Fsp3) is 0.667. The third kappa shape index (κ3) is 4.61. The minimum atomic E-state index is -0.937. The molecule has 0 aliphatic rings. The molecule has 0 radical (unpaired) electrons. The number of aromatic nitrogens is 3. The van der Waals surface area contributed by atoms with Crippen molar-refractivity contribution in [3.63, 3.8) is 0 Å². The molecule has 8 heteroatoms. The summed E-state index contributed by atoms with van der Waals surface area (Å²) in [6.07, 6.45) is 3.24. The van der Waals surface area contributed by atoms with Crippen LogP contribution in [-0.4, -0.2) is 43.2 Å². The zero-order valence-electron chi connectivity index (χ0n) is 9.92. The van der Waals surface area contributed by atoms with E-state index in [1.807, 2.05) is 6.92 Å². The first-order valence-corrected chi connectivity index (χ1v) is 6.83. The van der Waals surface area contributed by atoms with Crippen molar-refractivity contribution in [1.82, 2.24) is 20.3 Å². The van der Waals surface area contributed by atoms with E-state index in [1.54, 1.807) is 12.5 Å². The van der Waals surface area contributed by atoms with Crippen molar-refractivity contribution in [3.8, 4) is 0 Å². The van der Waals surface area contributed by atoms with E-state index in [0.717, 1.165) is 0 Å². The monoisotopic (exact) mass is 259 g/mol. The van der Waals surface area contributed by atoms with Crippen LogP contribution in [0.15, 0.2) is 6.20 Å². The van der Waals surface area contributed by atoms with Gasteiger partial charge in [0.25, 0.3) is 0 Å². The molecule has 1 aromatic heterocycles. The molecule has 0 aliphatic heterocycles. The van der Waals surface area contributed by atoms with Crippen molar-refractivity contribution < 1.29 is 9.00 Å². The van der Waals surface area contributed by atoms with E-state index in [-0.39, 0.29) is 17.7 Å². The highest BCUT2D eigenvalue weighted by Crippen LogP contribution is 1.92. The molecule has 96 valence electrons. The van der Waals surface area contributed by atoms with Gasteiger partial charge in [0.15, 0.2) is 0 Å². The van der Waals surface area contributed by atoms with E-state index in [2.05, 4.69) is 15.6 Å². The average Bonchev–Trinajstić information content (AvgIpc) is 2.73. The molecule has 0 fully saturated rings. The normalized spacial score (nSPS) is 14.3. The Labute approximate surface area is 102 Å². The van der Waals surface area contributed by atoms with Gasteiger partial charge in [-0.25, -0.2) is 4.68 Å². The first kappa shape index (κ1) is 13.8. The van der Waals surface area contributed by atoms with Gasteiger partial charge in [-0.1, -0.05) is 5.21 Å². The Morgan fingerprint density at radius 3 is 2.94 bits per heavy atom. The van der Waals surface area contributed by atoms with Crippen molar-refractivity contribution in [3.05, 3.63) is 11.9 Å². The predicted molar refractivity (Wildman–Crippen MR) is 64.5 cm³/mol. The lowest BCUT2D eigenvalue weighted by atomic mass is 10.4. The van der Waals surface area contributed by atoms with Gasteiger partial charge >= 0.3 is 0 Å². The molecule has 1 amide bonds. The summed E-state index contributed by atoms with van der Waals surface area (Å²) in [7, 11) is -0.937. The lowest BCUT2D eigenvalue weighted by Gasteiger charge is -2.09. The molecule has 2 atom stereocenters. The summed E-state index contributed by atoms with van der Waals surface area (Å²) in [5, 5.41) is 10.2. The molecule has 1 aromatic rings. The van der Waals surface area contributed by atoms with E-state index >= 15 is 0 Å². The fourth-order valence-electron chi connectivity index (χ4n) is 1.09. The minimum Gasteiger partial charge on any atom is -0.353 e. The Balaban J connectivity index is 2.37. The SMILES string of the molecule is CC(CNC(=O)Cn1cc(CN)nn1)S(C)=O. The predicted octanol–water partition coefficient (Wildman–Crippen LogP) is -1.38. The van der Waals surface area contributed by atoms with Gasteiger partial charge in [-0.2, -0.15) is 0 Å². The third-order valence-corrected chi connectivity index (χ3v) is 3.55.